The number of aromatic nitrogens is 2. The minimum Gasteiger partial charge on any atom is -0.469 e. The van der Waals surface area contributed by atoms with Crippen LogP contribution >= 0.6 is 11.5 Å². The maximum absolute atomic E-state index is 13.2. The summed E-state index contributed by atoms with van der Waals surface area (Å²) in [7, 11) is 2.69. The summed E-state index contributed by atoms with van der Waals surface area (Å²) in [6.45, 7) is 7.94. The molecule has 0 spiro atoms. The monoisotopic (exact) mass is 571 g/mol. The SMILES string of the molecule is CCC(C)CN(c1ccc([C@H](C)CC(=O)OC)cc1Nc1nc(C(F)(F)F)ns1)C1CCN(C(=O)OC)CC1. The second kappa shape index (κ2) is 13.3. The summed E-state index contributed by atoms with van der Waals surface area (Å²) in [5.41, 5.74) is 2.22. The number of nitrogens with zero attached hydrogens (tertiary/aromatic N) is 4. The van der Waals surface area contributed by atoms with Gasteiger partial charge in [0.15, 0.2) is 0 Å². The van der Waals surface area contributed by atoms with Crippen molar-refractivity contribution in [3.05, 3.63) is 29.6 Å². The maximum Gasteiger partial charge on any atom is 0.452 e. The first kappa shape index (κ1) is 30.5. The lowest BCUT2D eigenvalue weighted by molar-refractivity contribution is -0.144. The first-order valence-electron chi connectivity index (χ1n) is 12.9. The lowest BCUT2D eigenvalue weighted by atomic mass is 9.95. The van der Waals surface area contributed by atoms with E-state index in [2.05, 4.69) is 33.4 Å². The van der Waals surface area contributed by atoms with Crippen molar-refractivity contribution >= 4 is 40.1 Å². The highest BCUT2D eigenvalue weighted by molar-refractivity contribution is 7.09. The molecule has 216 valence electrons. The highest BCUT2D eigenvalue weighted by Gasteiger charge is 2.36. The van der Waals surface area contributed by atoms with Crippen LogP contribution in [0.15, 0.2) is 18.2 Å². The Hall–Kier alpha value is -3.09. The van der Waals surface area contributed by atoms with E-state index >= 15 is 0 Å². The lowest BCUT2D eigenvalue weighted by Crippen LogP contribution is -2.48. The van der Waals surface area contributed by atoms with Gasteiger partial charge in [-0.15, -0.1) is 0 Å². The molecular formula is C26H36F3N5O4S. The molecule has 1 amide bonds. The van der Waals surface area contributed by atoms with Crippen LogP contribution in [0.4, 0.5) is 34.5 Å². The quantitative estimate of drug-likeness (QED) is 0.344. The van der Waals surface area contributed by atoms with Gasteiger partial charge in [0, 0.05) is 37.2 Å². The second-order valence-corrected chi connectivity index (χ2v) is 10.6. The van der Waals surface area contributed by atoms with Crippen molar-refractivity contribution in [2.24, 2.45) is 5.92 Å². The molecule has 2 aromatic rings. The number of anilines is 3. The summed E-state index contributed by atoms with van der Waals surface area (Å²) in [5, 5.41) is 3.10. The Kier molecular flexibility index (Phi) is 10.4. The number of hydrogen-bond acceptors (Lipinski definition) is 9. The number of carbonyl (C=O) groups is 2. The lowest BCUT2D eigenvalue weighted by Gasteiger charge is -2.41. The average Bonchev–Trinajstić information content (AvgIpc) is 3.40. The average molecular weight is 572 g/mol. The molecule has 1 fully saturated rings. The fourth-order valence-corrected chi connectivity index (χ4v) is 5.16. The number of esters is 1. The minimum atomic E-state index is -4.65. The third-order valence-electron chi connectivity index (χ3n) is 7.06. The highest BCUT2D eigenvalue weighted by Crippen LogP contribution is 2.38. The van der Waals surface area contributed by atoms with Crippen LogP contribution in [0.5, 0.6) is 0 Å². The number of carbonyl (C=O) groups excluding carboxylic acids is 2. The fraction of sp³-hybridized carbons (Fsp3) is 0.615. The van der Waals surface area contributed by atoms with Gasteiger partial charge in [0.2, 0.25) is 11.0 Å². The van der Waals surface area contributed by atoms with E-state index in [0.29, 0.717) is 49.1 Å². The number of rotatable bonds is 10. The molecule has 2 atom stereocenters. The molecule has 1 N–H and O–H groups in total. The first-order chi connectivity index (χ1) is 18.5. The van der Waals surface area contributed by atoms with E-state index in [1.807, 2.05) is 25.1 Å². The third kappa shape index (κ3) is 7.96. The van der Waals surface area contributed by atoms with Gasteiger partial charge < -0.3 is 24.6 Å². The van der Waals surface area contributed by atoms with Crippen LogP contribution in [-0.4, -0.2) is 66.2 Å². The fourth-order valence-electron chi connectivity index (χ4n) is 4.56. The van der Waals surface area contributed by atoms with Gasteiger partial charge in [-0.05, 0) is 42.4 Å². The maximum atomic E-state index is 13.2. The van der Waals surface area contributed by atoms with Crippen molar-refractivity contribution in [1.29, 1.82) is 0 Å². The van der Waals surface area contributed by atoms with Gasteiger partial charge in [0.1, 0.15) is 0 Å². The van der Waals surface area contributed by atoms with Crippen molar-refractivity contribution in [2.45, 2.75) is 64.6 Å². The van der Waals surface area contributed by atoms with Crippen molar-refractivity contribution in [3.63, 3.8) is 0 Å². The number of alkyl halides is 3. The Morgan fingerprint density at radius 1 is 1.21 bits per heavy atom. The molecule has 0 aliphatic carbocycles. The molecule has 0 radical (unpaired) electrons. The zero-order valence-electron chi connectivity index (χ0n) is 22.9. The van der Waals surface area contributed by atoms with Crippen molar-refractivity contribution in [3.8, 4) is 0 Å². The van der Waals surface area contributed by atoms with Gasteiger partial charge in [-0.25, -0.2) is 4.79 Å². The van der Waals surface area contributed by atoms with Gasteiger partial charge in [-0.2, -0.15) is 22.5 Å². The van der Waals surface area contributed by atoms with Gasteiger partial charge in [0.05, 0.1) is 32.0 Å². The molecule has 39 heavy (non-hydrogen) atoms. The van der Waals surface area contributed by atoms with Crippen molar-refractivity contribution in [1.82, 2.24) is 14.3 Å². The summed E-state index contributed by atoms with van der Waals surface area (Å²) in [6.07, 6.45) is -2.48. The Balaban J connectivity index is 2.00. The number of hydrogen-bond donors (Lipinski definition) is 1. The molecule has 1 aliphatic rings. The number of methoxy groups -OCH3 is 2. The van der Waals surface area contributed by atoms with E-state index in [9.17, 15) is 22.8 Å². The van der Waals surface area contributed by atoms with Crippen LogP contribution in [0, 0.1) is 5.92 Å². The van der Waals surface area contributed by atoms with Gasteiger partial charge in [-0.3, -0.25) is 4.79 Å². The molecule has 2 heterocycles. The van der Waals surface area contributed by atoms with E-state index in [0.717, 1.165) is 24.2 Å². The summed E-state index contributed by atoms with van der Waals surface area (Å²) in [5.74, 6) is -1.39. The summed E-state index contributed by atoms with van der Waals surface area (Å²) in [6, 6.07) is 5.82. The van der Waals surface area contributed by atoms with Crippen LogP contribution in [0.3, 0.4) is 0 Å². The number of likely N-dealkylation sites (tertiary alicyclic amines) is 1. The molecule has 3 rings (SSSR count). The van der Waals surface area contributed by atoms with Gasteiger partial charge in [0.25, 0.3) is 0 Å². The van der Waals surface area contributed by atoms with E-state index in [-0.39, 0.29) is 35.6 Å². The summed E-state index contributed by atoms with van der Waals surface area (Å²) < 4.78 is 52.7. The second-order valence-electron chi connectivity index (χ2n) is 9.86. The molecular weight excluding hydrogens is 535 g/mol. The van der Waals surface area contributed by atoms with Crippen molar-refractivity contribution in [2.75, 3.05) is 44.1 Å². The Bertz CT molecular complexity index is 1120. The normalized spacial score (nSPS) is 15.9. The van der Waals surface area contributed by atoms with E-state index in [4.69, 9.17) is 9.47 Å². The number of ether oxygens (including phenoxy) is 2. The number of amides is 1. The number of piperidine rings is 1. The van der Waals surface area contributed by atoms with Crippen LogP contribution < -0.4 is 10.2 Å². The van der Waals surface area contributed by atoms with Crippen LogP contribution in [0.2, 0.25) is 0 Å². The number of halogens is 3. The van der Waals surface area contributed by atoms with Gasteiger partial charge >= 0.3 is 18.2 Å². The largest absolute Gasteiger partial charge is 0.469 e. The smallest absolute Gasteiger partial charge is 0.452 e. The van der Waals surface area contributed by atoms with Gasteiger partial charge in [-0.1, -0.05) is 33.3 Å². The Morgan fingerprint density at radius 2 is 1.90 bits per heavy atom. The topological polar surface area (TPSA) is 96.9 Å². The zero-order valence-corrected chi connectivity index (χ0v) is 23.7. The Labute approximate surface area is 230 Å². The minimum absolute atomic E-state index is 0.0188. The van der Waals surface area contributed by atoms with Crippen LogP contribution in [-0.2, 0) is 20.4 Å². The number of benzene rings is 1. The van der Waals surface area contributed by atoms with Crippen molar-refractivity contribution < 1.29 is 32.2 Å². The van der Waals surface area contributed by atoms with Crippen LogP contribution in [0.1, 0.15) is 63.8 Å². The summed E-state index contributed by atoms with van der Waals surface area (Å²) in [4.78, 5) is 31.5. The molecule has 0 bridgehead atoms. The molecule has 1 saturated heterocycles. The molecule has 9 nitrogen and oxygen atoms in total. The van der Waals surface area contributed by atoms with E-state index in [1.165, 1.54) is 14.2 Å². The van der Waals surface area contributed by atoms with E-state index < -0.39 is 12.0 Å². The third-order valence-corrected chi connectivity index (χ3v) is 7.69. The van der Waals surface area contributed by atoms with E-state index in [1.54, 1.807) is 4.90 Å². The molecule has 1 aromatic carbocycles. The summed E-state index contributed by atoms with van der Waals surface area (Å²) >= 11 is 0.637. The predicted octanol–water partition coefficient (Wildman–Crippen LogP) is 6.05. The molecule has 1 aromatic heterocycles. The standard InChI is InChI=1S/C26H36F3N5O4S/c1-6-16(2)15-34(19-9-11-33(12-10-19)25(36)38-5)21-8-7-18(17(3)13-22(35)37-4)14-20(21)30-24-31-23(32-39-24)26(27,28)29/h7-8,14,16-17,19H,6,9-13,15H2,1-5H3,(H,30,31,32)/t16?,17-/m1/s1. The predicted molar refractivity (Wildman–Crippen MR) is 143 cm³/mol. The molecule has 1 unspecified atom stereocenters. The first-order valence-corrected chi connectivity index (χ1v) is 13.7. The zero-order chi connectivity index (χ0) is 28.7. The number of nitrogens with one attached hydrogen (secondary N) is 1. The molecule has 0 saturated carbocycles. The molecule has 1 aliphatic heterocycles. The Morgan fingerprint density at radius 3 is 2.46 bits per heavy atom. The molecule has 13 heteroatoms. The highest BCUT2D eigenvalue weighted by atomic mass is 32.1. The van der Waals surface area contributed by atoms with Crippen LogP contribution in [0.25, 0.3) is 0 Å².